The summed E-state index contributed by atoms with van der Waals surface area (Å²) in [5, 5.41) is 0. The molecule has 0 spiro atoms. The van der Waals surface area contributed by atoms with Crippen LogP contribution in [0.5, 0.6) is 0 Å². The molecule has 0 aromatic carbocycles. The molecule has 0 N–H and O–H groups in total. The van der Waals surface area contributed by atoms with Gasteiger partial charge < -0.3 is 0 Å². The summed E-state index contributed by atoms with van der Waals surface area (Å²) in [4.78, 5) is 0. The Kier molecular flexibility index (Phi) is 3.49. The van der Waals surface area contributed by atoms with Gasteiger partial charge in [0.2, 0.25) is 0 Å². The van der Waals surface area contributed by atoms with Crippen LogP contribution in [0.3, 0.4) is 0 Å². The molecule has 9 heavy (non-hydrogen) atoms. The molecule has 0 rings (SSSR count). The van der Waals surface area contributed by atoms with E-state index >= 15 is 0 Å². The molecule has 3 nitrogen and oxygen atoms in total. The van der Waals surface area contributed by atoms with Crippen LogP contribution in [0, 0.1) is 0 Å². The molecule has 0 aliphatic heterocycles. The highest BCUT2D eigenvalue weighted by atomic mass is 32.2. The Morgan fingerprint density at radius 2 is 2.11 bits per heavy atom. The third-order valence-corrected chi connectivity index (χ3v) is 1.90. The van der Waals surface area contributed by atoms with E-state index < -0.39 is 10.1 Å². The van der Waals surface area contributed by atoms with Gasteiger partial charge in [-0.05, 0) is 6.92 Å². The number of hydrogen-bond acceptors (Lipinski definition) is 3. The van der Waals surface area contributed by atoms with Gasteiger partial charge in [-0.3, -0.25) is 4.18 Å². The fraction of sp³-hybridized carbons (Fsp3) is 0.600. The molecule has 54 valence electrons. The van der Waals surface area contributed by atoms with E-state index in [0.717, 1.165) is 7.11 Å². The first-order valence-electron chi connectivity index (χ1n) is 2.52. The van der Waals surface area contributed by atoms with E-state index in [1.54, 1.807) is 13.0 Å². The van der Waals surface area contributed by atoms with Gasteiger partial charge in [-0.25, -0.2) is 0 Å². The average Bonchev–Trinajstić information content (AvgIpc) is 1.84. The van der Waals surface area contributed by atoms with Crippen LogP contribution >= 0.6 is 0 Å². The first-order valence-corrected chi connectivity index (χ1v) is 4.09. The van der Waals surface area contributed by atoms with E-state index in [1.807, 2.05) is 0 Å². The van der Waals surface area contributed by atoms with E-state index in [-0.39, 0.29) is 5.75 Å². The summed E-state index contributed by atoms with van der Waals surface area (Å²) < 4.78 is 25.1. The standard InChI is InChI=1S/C5H10O3S/c1-3-4-5-9(6,7)8-2/h3-4H,5H2,1-2H3. The third kappa shape index (κ3) is 4.17. The Bertz CT molecular complexity index is 178. The second kappa shape index (κ2) is 3.63. The van der Waals surface area contributed by atoms with E-state index in [0.29, 0.717) is 0 Å². The van der Waals surface area contributed by atoms with Gasteiger partial charge in [-0.15, -0.1) is 0 Å². The minimum Gasteiger partial charge on any atom is -0.273 e. The van der Waals surface area contributed by atoms with Crippen molar-refractivity contribution < 1.29 is 12.6 Å². The third-order valence-electron chi connectivity index (χ3n) is 0.790. The summed E-state index contributed by atoms with van der Waals surface area (Å²) in [5.41, 5.74) is 0. The van der Waals surface area contributed by atoms with E-state index in [1.165, 1.54) is 6.08 Å². The van der Waals surface area contributed by atoms with Gasteiger partial charge >= 0.3 is 0 Å². The Balaban J connectivity index is 3.90. The highest BCUT2D eigenvalue weighted by molar-refractivity contribution is 7.86. The summed E-state index contributed by atoms with van der Waals surface area (Å²) >= 11 is 0. The van der Waals surface area contributed by atoms with Crippen molar-refractivity contribution in [2.24, 2.45) is 0 Å². The molecule has 0 heterocycles. The fourth-order valence-corrected chi connectivity index (χ4v) is 0.846. The fourth-order valence-electron chi connectivity index (χ4n) is 0.282. The topological polar surface area (TPSA) is 43.4 Å². The van der Waals surface area contributed by atoms with Gasteiger partial charge in [0.1, 0.15) is 0 Å². The molecule has 0 aromatic rings. The van der Waals surface area contributed by atoms with Crippen LogP contribution in [0.15, 0.2) is 12.2 Å². The molecule has 0 unspecified atom stereocenters. The van der Waals surface area contributed by atoms with Crippen LogP contribution in [0.25, 0.3) is 0 Å². The Labute approximate surface area is 55.5 Å². The lowest BCUT2D eigenvalue weighted by molar-refractivity contribution is 0.400. The predicted molar refractivity (Wildman–Crippen MR) is 35.6 cm³/mol. The van der Waals surface area contributed by atoms with Crippen molar-refractivity contribution >= 4 is 10.1 Å². The molecule has 0 bridgehead atoms. The van der Waals surface area contributed by atoms with Gasteiger partial charge in [-0.2, -0.15) is 8.42 Å². The molecule has 0 saturated heterocycles. The average molecular weight is 150 g/mol. The molecule has 0 aliphatic rings. The molecule has 0 atom stereocenters. The monoisotopic (exact) mass is 150 g/mol. The van der Waals surface area contributed by atoms with Crippen molar-refractivity contribution in [2.45, 2.75) is 6.92 Å². The van der Waals surface area contributed by atoms with Crippen molar-refractivity contribution in [3.05, 3.63) is 12.2 Å². The SMILES string of the molecule is CC=CCS(=O)(=O)OC. The zero-order chi connectivity index (χ0) is 7.33. The molecular formula is C5H10O3S. The van der Waals surface area contributed by atoms with Crippen molar-refractivity contribution in [1.82, 2.24) is 0 Å². The molecule has 0 aliphatic carbocycles. The first kappa shape index (κ1) is 8.65. The maximum atomic E-state index is 10.5. The van der Waals surface area contributed by atoms with Crippen LogP contribution < -0.4 is 0 Å². The summed E-state index contributed by atoms with van der Waals surface area (Å²) in [5.74, 6) is -0.0417. The number of hydrogen-bond donors (Lipinski definition) is 0. The van der Waals surface area contributed by atoms with Crippen molar-refractivity contribution in [1.29, 1.82) is 0 Å². The normalized spacial score (nSPS) is 12.7. The minimum absolute atomic E-state index is 0.0417. The van der Waals surface area contributed by atoms with Crippen molar-refractivity contribution in [2.75, 3.05) is 12.9 Å². The van der Waals surface area contributed by atoms with Gasteiger partial charge in [0.05, 0.1) is 12.9 Å². The van der Waals surface area contributed by atoms with Crippen LogP contribution in [0.1, 0.15) is 6.92 Å². The minimum atomic E-state index is -3.27. The summed E-state index contributed by atoms with van der Waals surface area (Å²) in [6.07, 6.45) is 3.19. The van der Waals surface area contributed by atoms with Gasteiger partial charge in [0.15, 0.2) is 0 Å². The van der Waals surface area contributed by atoms with Crippen molar-refractivity contribution in [3.8, 4) is 0 Å². The van der Waals surface area contributed by atoms with Crippen LogP contribution in [-0.2, 0) is 14.3 Å². The molecule has 0 saturated carbocycles. The van der Waals surface area contributed by atoms with Crippen molar-refractivity contribution in [3.63, 3.8) is 0 Å². The van der Waals surface area contributed by atoms with Crippen LogP contribution in [-0.4, -0.2) is 21.3 Å². The first-order chi connectivity index (χ1) is 4.12. The summed E-state index contributed by atoms with van der Waals surface area (Å²) in [6, 6.07) is 0. The van der Waals surface area contributed by atoms with E-state index in [4.69, 9.17) is 0 Å². The summed E-state index contributed by atoms with van der Waals surface area (Å²) in [6.45, 7) is 1.76. The highest BCUT2D eigenvalue weighted by Gasteiger charge is 2.02. The Morgan fingerprint density at radius 1 is 1.56 bits per heavy atom. The Hall–Kier alpha value is -0.350. The quantitative estimate of drug-likeness (QED) is 0.435. The lowest BCUT2D eigenvalue weighted by Crippen LogP contribution is -2.04. The second-order valence-electron chi connectivity index (χ2n) is 1.46. The Morgan fingerprint density at radius 3 is 2.44 bits per heavy atom. The van der Waals surface area contributed by atoms with E-state index in [2.05, 4.69) is 4.18 Å². The van der Waals surface area contributed by atoms with Gasteiger partial charge in [0.25, 0.3) is 10.1 Å². The molecular weight excluding hydrogens is 140 g/mol. The number of allylic oxidation sites excluding steroid dienone is 1. The number of rotatable bonds is 3. The summed E-state index contributed by atoms with van der Waals surface area (Å²) in [7, 11) is -2.12. The van der Waals surface area contributed by atoms with Gasteiger partial charge in [-0.1, -0.05) is 12.2 Å². The van der Waals surface area contributed by atoms with E-state index in [9.17, 15) is 8.42 Å². The lowest BCUT2D eigenvalue weighted by atomic mass is 10.6. The second-order valence-corrected chi connectivity index (χ2v) is 3.24. The maximum Gasteiger partial charge on any atom is 0.270 e. The van der Waals surface area contributed by atoms with Gasteiger partial charge in [0, 0.05) is 0 Å². The molecule has 4 heteroatoms. The lowest BCUT2D eigenvalue weighted by Gasteiger charge is -1.92. The zero-order valence-electron chi connectivity index (χ0n) is 5.49. The largest absolute Gasteiger partial charge is 0.273 e. The smallest absolute Gasteiger partial charge is 0.270 e. The van der Waals surface area contributed by atoms with Crippen LogP contribution in [0.4, 0.5) is 0 Å². The molecule has 0 radical (unpaired) electrons. The maximum absolute atomic E-state index is 10.5. The highest BCUT2D eigenvalue weighted by Crippen LogP contribution is 1.89. The van der Waals surface area contributed by atoms with Crippen LogP contribution in [0.2, 0.25) is 0 Å². The molecule has 0 fully saturated rings. The zero-order valence-corrected chi connectivity index (χ0v) is 6.31. The molecule has 0 aromatic heterocycles. The molecule has 0 amide bonds. The predicted octanol–water partition coefficient (Wildman–Crippen LogP) is 0.539.